The van der Waals surface area contributed by atoms with Crippen molar-refractivity contribution in [1.29, 1.82) is 0 Å². The van der Waals surface area contributed by atoms with Gasteiger partial charge in [-0.2, -0.15) is 5.10 Å². The van der Waals surface area contributed by atoms with Crippen LogP contribution in [-0.4, -0.2) is 51.0 Å². The van der Waals surface area contributed by atoms with Crippen LogP contribution in [0.25, 0.3) is 0 Å². The zero-order valence-corrected chi connectivity index (χ0v) is 16.4. The molecule has 0 aliphatic carbocycles. The number of rotatable bonds is 3. The smallest absolute Gasteiger partial charge is 0.244 e. The lowest BCUT2D eigenvalue weighted by Gasteiger charge is -2.29. The second kappa shape index (κ2) is 7.04. The fourth-order valence-corrected chi connectivity index (χ4v) is 4.75. The van der Waals surface area contributed by atoms with Crippen molar-refractivity contribution in [2.45, 2.75) is 33.4 Å². The van der Waals surface area contributed by atoms with Crippen LogP contribution in [0.2, 0.25) is 0 Å². The van der Waals surface area contributed by atoms with Crippen LogP contribution < -0.4 is 0 Å². The van der Waals surface area contributed by atoms with Gasteiger partial charge in [-0.1, -0.05) is 12.1 Å². The van der Waals surface area contributed by atoms with E-state index in [4.69, 9.17) is 0 Å². The Balaban J connectivity index is 1.53. The predicted molar refractivity (Wildman–Crippen MR) is 102 cm³/mol. The fourth-order valence-electron chi connectivity index (χ4n) is 4.75. The average molecular weight is 384 g/mol. The summed E-state index contributed by atoms with van der Waals surface area (Å²) in [5.74, 6) is 0.0498. The molecule has 0 bridgehead atoms. The summed E-state index contributed by atoms with van der Waals surface area (Å²) in [6, 6.07) is 8.22. The van der Waals surface area contributed by atoms with Crippen LogP contribution in [0, 0.1) is 31.5 Å². The molecule has 3 atom stereocenters. The molecule has 2 aromatic rings. The maximum atomic E-state index is 13.8. The van der Waals surface area contributed by atoms with Gasteiger partial charge in [-0.3, -0.25) is 14.3 Å². The Kier molecular flexibility index (Phi) is 4.69. The number of benzene rings is 1. The predicted octanol–water partition coefficient (Wildman–Crippen LogP) is 2.32. The molecule has 28 heavy (non-hydrogen) atoms. The zero-order valence-electron chi connectivity index (χ0n) is 16.4. The first-order valence-electron chi connectivity index (χ1n) is 9.65. The third-order valence-corrected chi connectivity index (χ3v) is 6.00. The highest BCUT2D eigenvalue weighted by molar-refractivity contribution is 5.77. The van der Waals surface area contributed by atoms with Gasteiger partial charge in [0.2, 0.25) is 11.8 Å². The van der Waals surface area contributed by atoms with Crippen molar-refractivity contribution in [2.24, 2.45) is 11.8 Å². The molecule has 0 radical (unpaired) electrons. The number of aryl methyl sites for hydroxylation is 2. The molecule has 7 heteroatoms. The molecule has 1 aromatic heterocycles. The minimum Gasteiger partial charge on any atom is -0.340 e. The summed E-state index contributed by atoms with van der Waals surface area (Å²) in [6.07, 6.45) is 0. The van der Waals surface area contributed by atoms with Gasteiger partial charge < -0.3 is 9.80 Å². The number of hydrogen-bond donors (Lipinski definition) is 0. The highest BCUT2D eigenvalue weighted by atomic mass is 19.1. The van der Waals surface area contributed by atoms with Gasteiger partial charge in [-0.05, 0) is 37.6 Å². The lowest BCUT2D eigenvalue weighted by molar-refractivity contribution is -0.132. The van der Waals surface area contributed by atoms with Crippen molar-refractivity contribution in [3.63, 3.8) is 0 Å². The minimum atomic E-state index is -0.306. The molecule has 4 rings (SSSR count). The van der Waals surface area contributed by atoms with E-state index in [0.29, 0.717) is 19.6 Å². The number of likely N-dealkylation sites (tertiary alicyclic amines) is 2. The lowest BCUT2D eigenvalue weighted by Crippen LogP contribution is -2.38. The van der Waals surface area contributed by atoms with Crippen molar-refractivity contribution >= 4 is 11.8 Å². The normalized spacial score (nSPS) is 23.9. The third-order valence-electron chi connectivity index (χ3n) is 6.00. The quantitative estimate of drug-likeness (QED) is 0.816. The number of amides is 2. The monoisotopic (exact) mass is 384 g/mol. The summed E-state index contributed by atoms with van der Waals surface area (Å²) in [5.41, 5.74) is 2.66. The molecule has 2 amide bonds. The van der Waals surface area contributed by atoms with Crippen LogP contribution in [0.15, 0.2) is 30.3 Å². The van der Waals surface area contributed by atoms with Gasteiger partial charge in [-0.25, -0.2) is 4.39 Å². The van der Waals surface area contributed by atoms with Crippen LogP contribution in [-0.2, 0) is 16.1 Å². The highest BCUT2D eigenvalue weighted by Crippen LogP contribution is 2.45. The van der Waals surface area contributed by atoms with E-state index >= 15 is 0 Å². The molecule has 3 heterocycles. The second-order valence-electron chi connectivity index (χ2n) is 7.98. The van der Waals surface area contributed by atoms with Crippen molar-refractivity contribution < 1.29 is 14.0 Å². The van der Waals surface area contributed by atoms with E-state index in [1.54, 1.807) is 17.7 Å². The highest BCUT2D eigenvalue weighted by Gasteiger charge is 2.49. The van der Waals surface area contributed by atoms with Crippen molar-refractivity contribution in [3.05, 3.63) is 53.1 Å². The number of carbonyl (C=O) groups excluding carboxylic acids is 2. The average Bonchev–Trinajstić information content (AvgIpc) is 3.27. The van der Waals surface area contributed by atoms with Crippen LogP contribution in [0.3, 0.4) is 0 Å². The molecule has 2 saturated heterocycles. The van der Waals surface area contributed by atoms with Crippen molar-refractivity contribution in [3.8, 4) is 0 Å². The maximum absolute atomic E-state index is 13.8. The largest absolute Gasteiger partial charge is 0.340 e. The van der Waals surface area contributed by atoms with Gasteiger partial charge in [-0.15, -0.1) is 0 Å². The van der Waals surface area contributed by atoms with E-state index in [1.165, 1.54) is 12.1 Å². The molecule has 2 fully saturated rings. The Labute approximate surface area is 163 Å². The van der Waals surface area contributed by atoms with Gasteiger partial charge in [0.25, 0.3) is 0 Å². The number of nitrogens with zero attached hydrogens (tertiary/aromatic N) is 4. The lowest BCUT2D eigenvalue weighted by atomic mass is 9.89. The third kappa shape index (κ3) is 3.30. The molecule has 0 saturated carbocycles. The standard InChI is InChI=1S/C21H25FN4O2/c1-13-7-14(2)26(23-13)12-20(28)24-9-17-10-25(15(3)27)21(19(17)11-24)16-5-4-6-18(22)8-16/h4-8,17,19,21H,9-12H2,1-3H3/t17-,19-,21-/m1/s1. The van der Waals surface area contributed by atoms with Crippen molar-refractivity contribution in [1.82, 2.24) is 19.6 Å². The van der Waals surface area contributed by atoms with E-state index in [9.17, 15) is 14.0 Å². The zero-order chi connectivity index (χ0) is 20.0. The van der Waals surface area contributed by atoms with E-state index in [2.05, 4.69) is 5.10 Å². The summed E-state index contributed by atoms with van der Waals surface area (Å²) < 4.78 is 15.5. The molecule has 2 aliphatic rings. The molecule has 1 aromatic carbocycles. The first kappa shape index (κ1) is 18.7. The number of halogens is 1. The van der Waals surface area contributed by atoms with Crippen LogP contribution in [0.1, 0.15) is 29.9 Å². The van der Waals surface area contributed by atoms with Gasteiger partial charge in [0.05, 0.1) is 11.7 Å². The number of fused-ring (bicyclic) bond motifs is 1. The number of carbonyl (C=O) groups is 2. The Bertz CT molecular complexity index is 925. The summed E-state index contributed by atoms with van der Waals surface area (Å²) >= 11 is 0. The molecular formula is C21H25FN4O2. The Morgan fingerprint density at radius 1 is 1.18 bits per heavy atom. The minimum absolute atomic E-state index is 0.0100. The van der Waals surface area contributed by atoms with Gasteiger partial charge in [0.1, 0.15) is 12.4 Å². The van der Waals surface area contributed by atoms with Gasteiger partial charge in [0.15, 0.2) is 0 Å². The maximum Gasteiger partial charge on any atom is 0.244 e. The fraction of sp³-hybridized carbons (Fsp3) is 0.476. The van der Waals surface area contributed by atoms with Crippen LogP contribution in [0.5, 0.6) is 0 Å². The van der Waals surface area contributed by atoms with Crippen molar-refractivity contribution in [2.75, 3.05) is 19.6 Å². The Morgan fingerprint density at radius 3 is 2.61 bits per heavy atom. The molecule has 0 spiro atoms. The SMILES string of the molecule is CC(=O)N1C[C@H]2CN(C(=O)Cn3nc(C)cc3C)C[C@H]2[C@H]1c1cccc(F)c1. The summed E-state index contributed by atoms with van der Waals surface area (Å²) in [4.78, 5) is 28.7. The first-order chi connectivity index (χ1) is 13.3. The Morgan fingerprint density at radius 2 is 1.96 bits per heavy atom. The molecule has 6 nitrogen and oxygen atoms in total. The molecule has 148 valence electrons. The second-order valence-corrected chi connectivity index (χ2v) is 7.98. The topological polar surface area (TPSA) is 58.4 Å². The molecular weight excluding hydrogens is 359 g/mol. The van der Waals surface area contributed by atoms with Gasteiger partial charge >= 0.3 is 0 Å². The van der Waals surface area contributed by atoms with Crippen LogP contribution >= 0.6 is 0 Å². The van der Waals surface area contributed by atoms with Gasteiger partial charge in [0, 0.05) is 44.1 Å². The Hall–Kier alpha value is -2.70. The summed E-state index contributed by atoms with van der Waals surface area (Å²) in [7, 11) is 0. The van der Waals surface area contributed by atoms with E-state index in [-0.39, 0.29) is 42.1 Å². The summed E-state index contributed by atoms with van der Waals surface area (Å²) in [6.45, 7) is 7.43. The number of aromatic nitrogens is 2. The number of hydrogen-bond acceptors (Lipinski definition) is 3. The molecule has 2 aliphatic heterocycles. The van der Waals surface area contributed by atoms with E-state index in [0.717, 1.165) is 17.0 Å². The van der Waals surface area contributed by atoms with E-state index < -0.39 is 0 Å². The first-order valence-corrected chi connectivity index (χ1v) is 9.65. The van der Waals surface area contributed by atoms with Crippen LogP contribution in [0.4, 0.5) is 4.39 Å². The summed E-state index contributed by atoms with van der Waals surface area (Å²) in [5, 5.41) is 4.38. The molecule has 0 N–H and O–H groups in total. The van der Waals surface area contributed by atoms with E-state index in [1.807, 2.05) is 35.8 Å². The molecule has 0 unspecified atom stereocenters.